The summed E-state index contributed by atoms with van der Waals surface area (Å²) in [5.41, 5.74) is 7.94. The normalized spacial score (nSPS) is 17.3. The van der Waals surface area contributed by atoms with Crippen LogP contribution in [0.15, 0.2) is 24.3 Å². The molecule has 4 heteroatoms. The molecule has 1 heterocycles. The number of likely N-dealkylation sites (tertiary alicyclic amines) is 1. The highest BCUT2D eigenvalue weighted by molar-refractivity contribution is 5.71. The Balaban J connectivity index is 1.79. The van der Waals surface area contributed by atoms with Crippen LogP contribution in [0.2, 0.25) is 0 Å². The molecule has 0 radical (unpaired) electrons. The van der Waals surface area contributed by atoms with Crippen molar-refractivity contribution in [2.24, 2.45) is 5.92 Å². The minimum absolute atomic E-state index is 0.144. The van der Waals surface area contributed by atoms with E-state index in [-0.39, 0.29) is 5.97 Å². The first-order valence-electron chi connectivity index (χ1n) is 6.81. The summed E-state index contributed by atoms with van der Waals surface area (Å²) in [6.45, 7) is 2.37. The van der Waals surface area contributed by atoms with Crippen LogP contribution >= 0.6 is 0 Å². The van der Waals surface area contributed by atoms with Gasteiger partial charge in [-0.1, -0.05) is 12.1 Å². The summed E-state index contributed by atoms with van der Waals surface area (Å²) in [4.78, 5) is 13.4. The molecule has 1 aromatic carbocycles. The molecule has 1 fully saturated rings. The van der Waals surface area contributed by atoms with E-state index < -0.39 is 0 Å². The molecule has 0 bridgehead atoms. The molecule has 0 atom stereocenters. The molecule has 1 aliphatic rings. The van der Waals surface area contributed by atoms with Gasteiger partial charge in [0, 0.05) is 5.69 Å². The van der Waals surface area contributed by atoms with Crippen molar-refractivity contribution in [2.75, 3.05) is 32.5 Å². The van der Waals surface area contributed by atoms with Crippen LogP contribution in [-0.2, 0) is 16.0 Å². The van der Waals surface area contributed by atoms with Crippen LogP contribution in [0.4, 0.5) is 5.69 Å². The summed E-state index contributed by atoms with van der Waals surface area (Å²) < 4.78 is 4.69. The van der Waals surface area contributed by atoms with Crippen molar-refractivity contribution in [3.05, 3.63) is 29.8 Å². The lowest BCUT2D eigenvalue weighted by atomic mass is 9.90. The Labute approximate surface area is 114 Å². The number of nitrogen functional groups attached to an aromatic ring is 1. The van der Waals surface area contributed by atoms with E-state index in [2.05, 4.69) is 17.0 Å². The summed E-state index contributed by atoms with van der Waals surface area (Å²) >= 11 is 0. The van der Waals surface area contributed by atoms with Gasteiger partial charge in [0.25, 0.3) is 0 Å². The summed E-state index contributed by atoms with van der Waals surface area (Å²) in [7, 11) is 1.44. The Bertz CT molecular complexity index is 426. The van der Waals surface area contributed by atoms with Crippen LogP contribution in [0.1, 0.15) is 18.4 Å². The van der Waals surface area contributed by atoms with Crippen molar-refractivity contribution in [1.29, 1.82) is 0 Å². The molecule has 2 rings (SSSR count). The van der Waals surface area contributed by atoms with Gasteiger partial charge in [0.05, 0.1) is 13.7 Å². The second kappa shape index (κ2) is 6.57. The lowest BCUT2D eigenvalue weighted by Gasteiger charge is -2.31. The van der Waals surface area contributed by atoms with Gasteiger partial charge in [-0.05, 0) is 56.0 Å². The number of nitrogens with zero attached hydrogens (tertiary/aromatic N) is 1. The number of methoxy groups -OCH3 is 1. The van der Waals surface area contributed by atoms with Gasteiger partial charge in [-0.25, -0.2) is 0 Å². The van der Waals surface area contributed by atoms with Crippen LogP contribution < -0.4 is 5.73 Å². The fraction of sp³-hybridized carbons (Fsp3) is 0.533. The van der Waals surface area contributed by atoms with Gasteiger partial charge in [-0.15, -0.1) is 0 Å². The van der Waals surface area contributed by atoms with Crippen molar-refractivity contribution in [2.45, 2.75) is 19.3 Å². The Morgan fingerprint density at radius 3 is 2.79 bits per heavy atom. The number of hydrogen-bond acceptors (Lipinski definition) is 4. The van der Waals surface area contributed by atoms with Crippen molar-refractivity contribution in [3.63, 3.8) is 0 Å². The average molecular weight is 262 g/mol. The van der Waals surface area contributed by atoms with Crippen LogP contribution in [0.5, 0.6) is 0 Å². The molecule has 4 nitrogen and oxygen atoms in total. The molecule has 0 spiro atoms. The third-order valence-electron chi connectivity index (χ3n) is 3.76. The maximum atomic E-state index is 11.2. The predicted octanol–water partition coefficient (Wildman–Crippen LogP) is 1.70. The SMILES string of the molecule is COC(=O)CN1CCC(Cc2cccc(N)c2)CC1. The summed E-state index contributed by atoms with van der Waals surface area (Å²) in [6, 6.07) is 8.12. The molecule has 1 aliphatic heterocycles. The number of esters is 1. The Morgan fingerprint density at radius 2 is 2.16 bits per heavy atom. The van der Waals surface area contributed by atoms with Crippen LogP contribution in [0.3, 0.4) is 0 Å². The van der Waals surface area contributed by atoms with E-state index in [1.165, 1.54) is 12.7 Å². The molecule has 0 amide bonds. The molecule has 1 aromatic rings. The van der Waals surface area contributed by atoms with E-state index in [4.69, 9.17) is 10.5 Å². The lowest BCUT2D eigenvalue weighted by Crippen LogP contribution is -2.38. The molecule has 104 valence electrons. The van der Waals surface area contributed by atoms with Crippen LogP contribution in [0.25, 0.3) is 0 Å². The van der Waals surface area contributed by atoms with Crippen molar-refractivity contribution >= 4 is 11.7 Å². The molecule has 0 saturated carbocycles. The molecule has 0 aromatic heterocycles. The second-order valence-corrected chi connectivity index (χ2v) is 5.24. The zero-order valence-electron chi connectivity index (χ0n) is 11.5. The predicted molar refractivity (Wildman–Crippen MR) is 75.7 cm³/mol. The van der Waals surface area contributed by atoms with E-state index in [9.17, 15) is 4.79 Å². The third-order valence-corrected chi connectivity index (χ3v) is 3.76. The van der Waals surface area contributed by atoms with Crippen molar-refractivity contribution < 1.29 is 9.53 Å². The molecular formula is C15H22N2O2. The number of nitrogens with two attached hydrogens (primary N) is 1. The van der Waals surface area contributed by atoms with Crippen LogP contribution in [-0.4, -0.2) is 37.6 Å². The standard InChI is InChI=1S/C15H22N2O2/c1-19-15(18)11-17-7-5-12(6-8-17)9-13-3-2-4-14(16)10-13/h2-4,10,12H,5-9,11,16H2,1H3. The Hall–Kier alpha value is -1.55. The van der Waals surface area contributed by atoms with Gasteiger partial charge in [0.15, 0.2) is 0 Å². The van der Waals surface area contributed by atoms with Gasteiger partial charge in [-0.2, -0.15) is 0 Å². The maximum Gasteiger partial charge on any atom is 0.319 e. The van der Waals surface area contributed by atoms with Gasteiger partial charge in [0.1, 0.15) is 0 Å². The molecule has 1 saturated heterocycles. The Morgan fingerprint density at radius 1 is 1.42 bits per heavy atom. The molecule has 0 unspecified atom stereocenters. The molecular weight excluding hydrogens is 240 g/mol. The van der Waals surface area contributed by atoms with E-state index in [0.717, 1.165) is 38.0 Å². The van der Waals surface area contributed by atoms with E-state index in [1.54, 1.807) is 0 Å². The number of carbonyl (C=O) groups excluding carboxylic acids is 1. The summed E-state index contributed by atoms with van der Waals surface area (Å²) in [6.07, 6.45) is 3.34. The van der Waals surface area contributed by atoms with Crippen LogP contribution in [0, 0.1) is 5.92 Å². The van der Waals surface area contributed by atoms with Gasteiger partial charge >= 0.3 is 5.97 Å². The second-order valence-electron chi connectivity index (χ2n) is 5.24. The average Bonchev–Trinajstić information content (AvgIpc) is 2.41. The Kier molecular flexibility index (Phi) is 4.80. The number of benzene rings is 1. The summed E-state index contributed by atoms with van der Waals surface area (Å²) in [5, 5.41) is 0. The lowest BCUT2D eigenvalue weighted by molar-refractivity contribution is -0.142. The number of anilines is 1. The zero-order valence-corrected chi connectivity index (χ0v) is 11.5. The molecule has 0 aliphatic carbocycles. The summed E-state index contributed by atoms with van der Waals surface area (Å²) in [5.74, 6) is 0.546. The first-order valence-corrected chi connectivity index (χ1v) is 6.81. The number of hydrogen-bond donors (Lipinski definition) is 1. The smallest absolute Gasteiger partial charge is 0.319 e. The topological polar surface area (TPSA) is 55.6 Å². The number of ether oxygens (including phenoxy) is 1. The van der Waals surface area contributed by atoms with E-state index in [1.807, 2.05) is 12.1 Å². The highest BCUT2D eigenvalue weighted by Crippen LogP contribution is 2.22. The van der Waals surface area contributed by atoms with E-state index >= 15 is 0 Å². The van der Waals surface area contributed by atoms with Gasteiger partial charge in [0.2, 0.25) is 0 Å². The maximum absolute atomic E-state index is 11.2. The van der Waals surface area contributed by atoms with Gasteiger partial charge < -0.3 is 10.5 Å². The first-order chi connectivity index (χ1) is 9.17. The zero-order chi connectivity index (χ0) is 13.7. The quantitative estimate of drug-likeness (QED) is 0.663. The number of piperidine rings is 1. The van der Waals surface area contributed by atoms with Crippen molar-refractivity contribution in [3.8, 4) is 0 Å². The minimum atomic E-state index is -0.144. The van der Waals surface area contributed by atoms with Gasteiger partial charge in [-0.3, -0.25) is 9.69 Å². The van der Waals surface area contributed by atoms with Crippen molar-refractivity contribution in [1.82, 2.24) is 4.90 Å². The highest BCUT2D eigenvalue weighted by atomic mass is 16.5. The molecule has 19 heavy (non-hydrogen) atoms. The molecule has 2 N–H and O–H groups in total. The van der Waals surface area contributed by atoms with E-state index in [0.29, 0.717) is 12.5 Å². The fourth-order valence-electron chi connectivity index (χ4n) is 2.65. The largest absolute Gasteiger partial charge is 0.468 e. The third kappa shape index (κ3) is 4.24. The fourth-order valence-corrected chi connectivity index (χ4v) is 2.65. The monoisotopic (exact) mass is 262 g/mol. The highest BCUT2D eigenvalue weighted by Gasteiger charge is 2.21. The number of carbonyl (C=O) groups is 1. The number of rotatable bonds is 4. The minimum Gasteiger partial charge on any atom is -0.468 e. The first kappa shape index (κ1) is 13.9.